The SMILES string of the molecule is CN=C(N)NCCCN1CCCC1C(=O)N(C)C. The monoisotopic (exact) mass is 255 g/mol. The Bertz CT molecular complexity index is 303. The number of rotatable bonds is 5. The smallest absolute Gasteiger partial charge is 0.239 e. The number of nitrogens with two attached hydrogens (primary N) is 1. The zero-order chi connectivity index (χ0) is 13.5. The topological polar surface area (TPSA) is 74.0 Å². The van der Waals surface area contributed by atoms with Gasteiger partial charge in [-0.1, -0.05) is 0 Å². The summed E-state index contributed by atoms with van der Waals surface area (Å²) in [4.78, 5) is 19.8. The highest BCUT2D eigenvalue weighted by molar-refractivity contribution is 5.81. The Morgan fingerprint density at radius 3 is 2.89 bits per heavy atom. The van der Waals surface area contributed by atoms with E-state index in [2.05, 4.69) is 15.2 Å². The van der Waals surface area contributed by atoms with Crippen LogP contribution in [0.2, 0.25) is 0 Å². The van der Waals surface area contributed by atoms with Gasteiger partial charge in [-0.3, -0.25) is 14.7 Å². The molecule has 0 aliphatic carbocycles. The van der Waals surface area contributed by atoms with Gasteiger partial charge in [0.2, 0.25) is 5.91 Å². The highest BCUT2D eigenvalue weighted by Crippen LogP contribution is 2.18. The van der Waals surface area contributed by atoms with Gasteiger partial charge >= 0.3 is 0 Å². The largest absolute Gasteiger partial charge is 0.370 e. The van der Waals surface area contributed by atoms with Crippen LogP contribution in [0, 0.1) is 0 Å². The van der Waals surface area contributed by atoms with E-state index in [9.17, 15) is 4.79 Å². The average Bonchev–Trinajstić information content (AvgIpc) is 2.81. The molecule has 0 aromatic heterocycles. The van der Waals surface area contributed by atoms with Gasteiger partial charge in [-0.25, -0.2) is 0 Å². The van der Waals surface area contributed by atoms with E-state index >= 15 is 0 Å². The molecule has 0 radical (unpaired) electrons. The Morgan fingerprint density at radius 2 is 2.28 bits per heavy atom. The second-order valence-electron chi connectivity index (χ2n) is 4.82. The molecule has 1 unspecified atom stereocenters. The molecule has 6 heteroatoms. The summed E-state index contributed by atoms with van der Waals surface area (Å²) in [5, 5.41) is 3.03. The van der Waals surface area contributed by atoms with Crippen molar-refractivity contribution in [2.24, 2.45) is 10.7 Å². The first-order chi connectivity index (χ1) is 8.56. The van der Waals surface area contributed by atoms with E-state index in [1.54, 1.807) is 11.9 Å². The molecule has 0 aromatic carbocycles. The second-order valence-corrected chi connectivity index (χ2v) is 4.82. The first kappa shape index (κ1) is 14.8. The molecule has 0 aromatic rings. The maximum atomic E-state index is 12.0. The van der Waals surface area contributed by atoms with Gasteiger partial charge in [-0.2, -0.15) is 0 Å². The number of aliphatic imine (C=N–C) groups is 1. The Kier molecular flexibility index (Phi) is 5.91. The molecule has 1 aliphatic heterocycles. The first-order valence-electron chi connectivity index (χ1n) is 6.47. The lowest BCUT2D eigenvalue weighted by molar-refractivity contribution is -0.133. The number of likely N-dealkylation sites (tertiary alicyclic amines) is 1. The fraction of sp³-hybridized carbons (Fsp3) is 0.833. The molecule has 1 saturated heterocycles. The van der Waals surface area contributed by atoms with Crippen molar-refractivity contribution in [3.63, 3.8) is 0 Å². The number of amides is 1. The number of carbonyl (C=O) groups excluding carboxylic acids is 1. The fourth-order valence-corrected chi connectivity index (χ4v) is 2.25. The lowest BCUT2D eigenvalue weighted by Gasteiger charge is -2.26. The van der Waals surface area contributed by atoms with Crippen molar-refractivity contribution < 1.29 is 4.79 Å². The Hall–Kier alpha value is -1.30. The third-order valence-electron chi connectivity index (χ3n) is 3.26. The summed E-state index contributed by atoms with van der Waals surface area (Å²) in [6.45, 7) is 2.73. The van der Waals surface area contributed by atoms with Crippen LogP contribution in [0.25, 0.3) is 0 Å². The van der Waals surface area contributed by atoms with Crippen LogP contribution in [0.5, 0.6) is 0 Å². The van der Waals surface area contributed by atoms with E-state index in [1.165, 1.54) is 0 Å². The maximum Gasteiger partial charge on any atom is 0.239 e. The van der Waals surface area contributed by atoms with Crippen molar-refractivity contribution in [2.45, 2.75) is 25.3 Å². The van der Waals surface area contributed by atoms with Crippen LogP contribution in [-0.4, -0.2) is 68.5 Å². The summed E-state index contributed by atoms with van der Waals surface area (Å²) in [7, 11) is 5.30. The van der Waals surface area contributed by atoms with Gasteiger partial charge in [0, 0.05) is 34.2 Å². The molecule has 1 fully saturated rings. The number of likely N-dealkylation sites (N-methyl/N-ethyl adjacent to an activating group) is 1. The maximum absolute atomic E-state index is 12.0. The molecule has 1 atom stereocenters. The summed E-state index contributed by atoms with van der Waals surface area (Å²) in [6.07, 6.45) is 3.05. The molecule has 104 valence electrons. The fourth-order valence-electron chi connectivity index (χ4n) is 2.25. The lowest BCUT2D eigenvalue weighted by Crippen LogP contribution is -2.43. The van der Waals surface area contributed by atoms with Crippen LogP contribution in [0.1, 0.15) is 19.3 Å². The van der Waals surface area contributed by atoms with E-state index in [-0.39, 0.29) is 11.9 Å². The molecule has 1 heterocycles. The number of hydrogen-bond acceptors (Lipinski definition) is 3. The standard InChI is InChI=1S/C12H25N5O/c1-14-12(13)15-7-5-9-17-8-4-6-10(17)11(18)16(2)3/h10H,4-9H2,1-3H3,(H3,13,14,15). The van der Waals surface area contributed by atoms with Gasteiger partial charge in [-0.05, 0) is 25.8 Å². The van der Waals surface area contributed by atoms with E-state index < -0.39 is 0 Å². The lowest BCUT2D eigenvalue weighted by atomic mass is 10.2. The number of nitrogens with one attached hydrogen (secondary N) is 1. The summed E-state index contributed by atoms with van der Waals surface area (Å²) in [6, 6.07) is 0.0668. The molecule has 18 heavy (non-hydrogen) atoms. The molecule has 0 bridgehead atoms. The van der Waals surface area contributed by atoms with Crippen molar-refractivity contribution in [1.29, 1.82) is 0 Å². The van der Waals surface area contributed by atoms with Crippen LogP contribution in [-0.2, 0) is 4.79 Å². The van der Waals surface area contributed by atoms with Crippen LogP contribution >= 0.6 is 0 Å². The summed E-state index contributed by atoms with van der Waals surface area (Å²) < 4.78 is 0. The number of carbonyl (C=O) groups is 1. The van der Waals surface area contributed by atoms with Gasteiger partial charge < -0.3 is 16.0 Å². The third kappa shape index (κ3) is 4.18. The first-order valence-corrected chi connectivity index (χ1v) is 6.47. The van der Waals surface area contributed by atoms with Crippen LogP contribution in [0.3, 0.4) is 0 Å². The normalized spacial score (nSPS) is 21.1. The predicted octanol–water partition coefficient (Wildman–Crippen LogP) is -0.537. The van der Waals surface area contributed by atoms with Gasteiger partial charge in [-0.15, -0.1) is 0 Å². The van der Waals surface area contributed by atoms with E-state index in [1.807, 2.05) is 14.1 Å². The van der Waals surface area contributed by atoms with Gasteiger partial charge in [0.1, 0.15) is 0 Å². The zero-order valence-electron chi connectivity index (χ0n) is 11.6. The molecule has 1 rings (SSSR count). The van der Waals surface area contributed by atoms with Crippen molar-refractivity contribution in [1.82, 2.24) is 15.1 Å². The van der Waals surface area contributed by atoms with Crippen molar-refractivity contribution in [3.8, 4) is 0 Å². The minimum Gasteiger partial charge on any atom is -0.370 e. The molecule has 1 aliphatic rings. The van der Waals surface area contributed by atoms with Crippen LogP contribution in [0.15, 0.2) is 4.99 Å². The average molecular weight is 255 g/mol. The summed E-state index contributed by atoms with van der Waals surface area (Å²) in [5.41, 5.74) is 5.55. The minimum atomic E-state index is 0.0668. The molecular weight excluding hydrogens is 230 g/mol. The van der Waals surface area contributed by atoms with E-state index in [0.717, 1.165) is 38.9 Å². The van der Waals surface area contributed by atoms with Crippen molar-refractivity contribution >= 4 is 11.9 Å². The van der Waals surface area contributed by atoms with Gasteiger partial charge in [0.05, 0.1) is 6.04 Å². The second kappa shape index (κ2) is 7.20. The molecule has 0 spiro atoms. The van der Waals surface area contributed by atoms with Crippen molar-refractivity contribution in [2.75, 3.05) is 40.8 Å². The number of nitrogens with zero attached hydrogens (tertiary/aromatic N) is 3. The van der Waals surface area contributed by atoms with Gasteiger partial charge in [0.15, 0.2) is 5.96 Å². The quantitative estimate of drug-likeness (QED) is 0.393. The van der Waals surface area contributed by atoms with Gasteiger partial charge in [0.25, 0.3) is 0 Å². The molecule has 0 saturated carbocycles. The van der Waals surface area contributed by atoms with E-state index in [4.69, 9.17) is 5.73 Å². The Balaban J connectivity index is 2.30. The summed E-state index contributed by atoms with van der Waals surface area (Å²) in [5.74, 6) is 0.687. The molecular formula is C12H25N5O. The Labute approximate surface area is 109 Å². The van der Waals surface area contributed by atoms with Crippen molar-refractivity contribution in [3.05, 3.63) is 0 Å². The van der Waals surface area contributed by atoms with Crippen LogP contribution < -0.4 is 11.1 Å². The molecule has 6 nitrogen and oxygen atoms in total. The number of guanidine groups is 1. The third-order valence-corrected chi connectivity index (χ3v) is 3.26. The Morgan fingerprint density at radius 1 is 1.56 bits per heavy atom. The van der Waals surface area contributed by atoms with E-state index in [0.29, 0.717) is 5.96 Å². The predicted molar refractivity (Wildman–Crippen MR) is 73.5 cm³/mol. The molecule has 3 N–H and O–H groups in total. The summed E-state index contributed by atoms with van der Waals surface area (Å²) >= 11 is 0. The zero-order valence-corrected chi connectivity index (χ0v) is 11.6. The highest BCUT2D eigenvalue weighted by atomic mass is 16.2. The highest BCUT2D eigenvalue weighted by Gasteiger charge is 2.30. The number of hydrogen-bond donors (Lipinski definition) is 2. The minimum absolute atomic E-state index is 0.0668. The van der Waals surface area contributed by atoms with Crippen LogP contribution in [0.4, 0.5) is 0 Å². The molecule has 1 amide bonds.